The molecule has 2 aromatic rings. The highest BCUT2D eigenvalue weighted by Crippen LogP contribution is 2.34. The number of fused-ring (bicyclic) bond motifs is 1. The van der Waals surface area contributed by atoms with Gasteiger partial charge in [0.2, 0.25) is 0 Å². The highest BCUT2D eigenvalue weighted by Gasteiger charge is 2.30. The standard InChI is InChI=1S/C18H24N4OS/c1-12-3-4-14-15(10-24-16(14)9-12)18(23)22-7-5-13(6-8-22)17-20-19-11-21(17)2/h10-13H,3-9H2,1-2H3. The third-order valence-corrected chi connectivity index (χ3v) is 6.58. The predicted molar refractivity (Wildman–Crippen MR) is 94.4 cm³/mol. The molecule has 5 nitrogen and oxygen atoms in total. The van der Waals surface area contributed by atoms with E-state index in [9.17, 15) is 4.79 Å². The zero-order valence-corrected chi connectivity index (χ0v) is 15.2. The van der Waals surface area contributed by atoms with Crippen LogP contribution in [0.2, 0.25) is 0 Å². The van der Waals surface area contributed by atoms with Crippen molar-refractivity contribution in [3.05, 3.63) is 33.5 Å². The van der Waals surface area contributed by atoms with Crippen LogP contribution in [-0.2, 0) is 19.9 Å². The van der Waals surface area contributed by atoms with Gasteiger partial charge in [0.05, 0.1) is 5.56 Å². The van der Waals surface area contributed by atoms with E-state index in [1.807, 2.05) is 16.5 Å². The summed E-state index contributed by atoms with van der Waals surface area (Å²) in [5, 5.41) is 10.3. The number of aromatic nitrogens is 3. The Hall–Kier alpha value is -1.69. The predicted octanol–water partition coefficient (Wildman–Crippen LogP) is 3.02. The molecule has 2 aliphatic rings. The molecular weight excluding hydrogens is 320 g/mol. The zero-order chi connectivity index (χ0) is 16.7. The van der Waals surface area contributed by atoms with Gasteiger partial charge in [-0.05, 0) is 43.6 Å². The van der Waals surface area contributed by atoms with E-state index in [0.29, 0.717) is 5.92 Å². The lowest BCUT2D eigenvalue weighted by Gasteiger charge is -2.32. The second-order valence-electron chi connectivity index (χ2n) is 7.27. The summed E-state index contributed by atoms with van der Waals surface area (Å²) in [7, 11) is 1.99. The minimum atomic E-state index is 0.235. The van der Waals surface area contributed by atoms with Gasteiger partial charge in [-0.25, -0.2) is 0 Å². The van der Waals surface area contributed by atoms with Crippen molar-refractivity contribution >= 4 is 17.2 Å². The van der Waals surface area contributed by atoms with Gasteiger partial charge in [0, 0.05) is 36.3 Å². The number of carbonyl (C=O) groups is 1. The zero-order valence-electron chi connectivity index (χ0n) is 14.4. The monoisotopic (exact) mass is 344 g/mol. The summed E-state index contributed by atoms with van der Waals surface area (Å²) in [5.41, 5.74) is 2.30. The van der Waals surface area contributed by atoms with E-state index in [2.05, 4.69) is 22.5 Å². The lowest BCUT2D eigenvalue weighted by atomic mass is 9.88. The van der Waals surface area contributed by atoms with Gasteiger partial charge in [0.15, 0.2) is 0 Å². The molecule has 1 atom stereocenters. The Kier molecular flexibility index (Phi) is 4.16. The molecule has 1 unspecified atom stereocenters. The molecule has 0 radical (unpaired) electrons. The number of amides is 1. The maximum atomic E-state index is 13.0. The normalized spacial score (nSPS) is 21.8. The Morgan fingerprint density at radius 3 is 2.79 bits per heavy atom. The molecule has 1 amide bonds. The second-order valence-corrected chi connectivity index (χ2v) is 8.23. The molecule has 3 heterocycles. The summed E-state index contributed by atoms with van der Waals surface area (Å²) in [6, 6.07) is 0. The summed E-state index contributed by atoms with van der Waals surface area (Å²) in [6.07, 6.45) is 7.12. The van der Waals surface area contributed by atoms with Crippen molar-refractivity contribution in [2.24, 2.45) is 13.0 Å². The first-order chi connectivity index (χ1) is 11.6. The van der Waals surface area contributed by atoms with E-state index in [-0.39, 0.29) is 5.91 Å². The fourth-order valence-corrected chi connectivity index (χ4v) is 5.27. The lowest BCUT2D eigenvalue weighted by molar-refractivity contribution is 0.0709. The molecule has 0 saturated carbocycles. The molecule has 1 saturated heterocycles. The molecule has 1 aliphatic carbocycles. The van der Waals surface area contributed by atoms with Crippen LogP contribution in [0.5, 0.6) is 0 Å². The van der Waals surface area contributed by atoms with Gasteiger partial charge >= 0.3 is 0 Å². The van der Waals surface area contributed by atoms with Gasteiger partial charge in [-0.1, -0.05) is 6.92 Å². The minimum absolute atomic E-state index is 0.235. The average molecular weight is 344 g/mol. The number of nitrogens with zero attached hydrogens (tertiary/aromatic N) is 4. The van der Waals surface area contributed by atoms with Crippen LogP contribution in [0.1, 0.15) is 58.7 Å². The Balaban J connectivity index is 1.45. The van der Waals surface area contributed by atoms with E-state index >= 15 is 0 Å². The highest BCUT2D eigenvalue weighted by molar-refractivity contribution is 7.10. The number of piperidine rings is 1. The second kappa shape index (κ2) is 6.31. The first kappa shape index (κ1) is 15.8. The Bertz CT molecular complexity index is 742. The van der Waals surface area contributed by atoms with Crippen LogP contribution in [0.4, 0.5) is 0 Å². The van der Waals surface area contributed by atoms with Crippen molar-refractivity contribution in [1.82, 2.24) is 19.7 Å². The molecule has 0 N–H and O–H groups in total. The van der Waals surface area contributed by atoms with Crippen LogP contribution in [0.15, 0.2) is 11.7 Å². The smallest absolute Gasteiger partial charge is 0.254 e. The van der Waals surface area contributed by atoms with Crippen molar-refractivity contribution < 1.29 is 4.79 Å². The topological polar surface area (TPSA) is 51.0 Å². The van der Waals surface area contributed by atoms with Crippen molar-refractivity contribution in [1.29, 1.82) is 0 Å². The number of aryl methyl sites for hydroxylation is 1. The third kappa shape index (κ3) is 2.77. The fraction of sp³-hybridized carbons (Fsp3) is 0.611. The number of thiophene rings is 1. The summed E-state index contributed by atoms with van der Waals surface area (Å²) in [4.78, 5) is 16.4. The van der Waals surface area contributed by atoms with Crippen LogP contribution < -0.4 is 0 Å². The minimum Gasteiger partial charge on any atom is -0.339 e. The van der Waals surface area contributed by atoms with Gasteiger partial charge in [-0.15, -0.1) is 21.5 Å². The molecule has 1 aliphatic heterocycles. The molecule has 6 heteroatoms. The first-order valence-electron chi connectivity index (χ1n) is 8.86. The Morgan fingerprint density at radius 2 is 2.08 bits per heavy atom. The van der Waals surface area contributed by atoms with Gasteiger partial charge in [-0.3, -0.25) is 4.79 Å². The highest BCUT2D eigenvalue weighted by atomic mass is 32.1. The van der Waals surface area contributed by atoms with Crippen molar-refractivity contribution in [3.8, 4) is 0 Å². The van der Waals surface area contributed by atoms with Gasteiger partial charge < -0.3 is 9.47 Å². The molecule has 4 rings (SSSR count). The van der Waals surface area contributed by atoms with E-state index in [1.165, 1.54) is 16.9 Å². The molecule has 128 valence electrons. The van der Waals surface area contributed by atoms with Gasteiger partial charge in [-0.2, -0.15) is 0 Å². The largest absolute Gasteiger partial charge is 0.339 e. The SMILES string of the molecule is CC1CCc2c(C(=O)N3CCC(c4nncn4C)CC3)csc2C1. The molecule has 2 aromatic heterocycles. The number of hydrogen-bond acceptors (Lipinski definition) is 4. The van der Waals surface area contributed by atoms with Crippen molar-refractivity contribution in [2.75, 3.05) is 13.1 Å². The molecule has 24 heavy (non-hydrogen) atoms. The van der Waals surface area contributed by atoms with Crippen LogP contribution in [0.25, 0.3) is 0 Å². The number of carbonyl (C=O) groups excluding carboxylic acids is 1. The number of rotatable bonds is 2. The Morgan fingerprint density at radius 1 is 1.29 bits per heavy atom. The van der Waals surface area contributed by atoms with Crippen molar-refractivity contribution in [2.45, 2.75) is 44.9 Å². The number of likely N-dealkylation sites (tertiary alicyclic amines) is 1. The number of hydrogen-bond donors (Lipinski definition) is 0. The molecule has 0 aromatic carbocycles. The van der Waals surface area contributed by atoms with Gasteiger partial charge in [0.25, 0.3) is 5.91 Å². The average Bonchev–Trinajstić information content (AvgIpc) is 3.20. The summed E-state index contributed by atoms with van der Waals surface area (Å²) in [6.45, 7) is 3.94. The van der Waals surface area contributed by atoms with Crippen LogP contribution in [0, 0.1) is 5.92 Å². The van der Waals surface area contributed by atoms with E-state index in [0.717, 1.165) is 56.1 Å². The summed E-state index contributed by atoms with van der Waals surface area (Å²) < 4.78 is 2.00. The van der Waals surface area contributed by atoms with Gasteiger partial charge in [0.1, 0.15) is 12.2 Å². The van der Waals surface area contributed by atoms with E-state index in [4.69, 9.17) is 0 Å². The maximum Gasteiger partial charge on any atom is 0.254 e. The Labute approximate surface area is 146 Å². The molecule has 0 spiro atoms. The lowest BCUT2D eigenvalue weighted by Crippen LogP contribution is -2.38. The summed E-state index contributed by atoms with van der Waals surface area (Å²) >= 11 is 1.78. The van der Waals surface area contributed by atoms with Crippen molar-refractivity contribution in [3.63, 3.8) is 0 Å². The molecule has 1 fully saturated rings. The van der Waals surface area contributed by atoms with Crippen LogP contribution >= 0.6 is 11.3 Å². The molecule has 0 bridgehead atoms. The van der Waals surface area contributed by atoms with E-state index < -0.39 is 0 Å². The van der Waals surface area contributed by atoms with Crippen LogP contribution in [-0.4, -0.2) is 38.7 Å². The fourth-order valence-electron chi connectivity index (χ4n) is 4.03. The third-order valence-electron chi connectivity index (χ3n) is 5.53. The van der Waals surface area contributed by atoms with Crippen LogP contribution in [0.3, 0.4) is 0 Å². The summed E-state index contributed by atoms with van der Waals surface area (Å²) in [5.74, 6) is 2.45. The first-order valence-corrected chi connectivity index (χ1v) is 9.74. The quantitative estimate of drug-likeness (QED) is 0.841. The maximum absolute atomic E-state index is 13.0. The molecular formula is C18H24N4OS. The van der Waals surface area contributed by atoms with E-state index in [1.54, 1.807) is 17.7 Å².